The molecule has 6 aliphatic rings. The van der Waals surface area contributed by atoms with E-state index in [1.165, 1.54) is 4.90 Å². The van der Waals surface area contributed by atoms with Crippen molar-refractivity contribution in [2.75, 3.05) is 6.61 Å². The standard InChI is InChI=1S/C49H81ClO7SSi/c1-27(2)59(28(3)4,29(5)6)57-43-24-40-41(55-48(43,14)32(9)22-44(50)58-37-18-16-15-17-19-37)21-30(7)20-38-39(52-40)23-42-45(53-38)33(10)34(11)47-46(54-42)35(12)36(13)49(56-47)25-31(8)26-51-49/h15-19,27-36,38-47H,20-26H2,1-14H3/t30-,31+,32-,33+,34+,35+,36+,38+,39-,40+,41-,42+,43-,44?,45-,46-,47+,48+,49-/m1/s1. The third-order valence-electron chi connectivity index (χ3n) is 16.8. The fourth-order valence-corrected chi connectivity index (χ4v) is 20.1. The monoisotopic (exact) mass is 877 g/mol. The van der Waals surface area contributed by atoms with E-state index in [2.05, 4.69) is 127 Å². The van der Waals surface area contributed by atoms with Crippen LogP contribution < -0.4 is 0 Å². The van der Waals surface area contributed by atoms with Crippen molar-refractivity contribution in [3.05, 3.63) is 30.3 Å². The molecule has 1 unspecified atom stereocenters. The Kier molecular flexibility index (Phi) is 14.5. The van der Waals surface area contributed by atoms with E-state index in [0.717, 1.165) is 45.1 Å². The molecule has 0 bridgehead atoms. The molecule has 0 N–H and O–H groups in total. The molecular weight excluding hydrogens is 796 g/mol. The lowest BCUT2D eigenvalue weighted by molar-refractivity contribution is -0.335. The molecule has 59 heavy (non-hydrogen) atoms. The van der Waals surface area contributed by atoms with Gasteiger partial charge in [0.25, 0.3) is 0 Å². The average Bonchev–Trinajstić information content (AvgIpc) is 3.51. The first-order valence-corrected chi connectivity index (χ1v) is 27.2. The van der Waals surface area contributed by atoms with Crippen LogP contribution in [0.15, 0.2) is 35.2 Å². The molecule has 336 valence electrons. The first-order chi connectivity index (χ1) is 27.8. The van der Waals surface area contributed by atoms with Crippen molar-refractivity contribution in [3.8, 4) is 0 Å². The van der Waals surface area contributed by atoms with Gasteiger partial charge in [0.15, 0.2) is 5.79 Å². The lowest BCUT2D eigenvalue weighted by Gasteiger charge is -2.57. The molecule has 6 aliphatic heterocycles. The van der Waals surface area contributed by atoms with Crippen molar-refractivity contribution in [1.29, 1.82) is 0 Å². The first-order valence-electron chi connectivity index (χ1n) is 23.8. The van der Waals surface area contributed by atoms with Gasteiger partial charge in [-0.25, -0.2) is 0 Å². The van der Waals surface area contributed by atoms with E-state index in [1.54, 1.807) is 11.8 Å². The SMILES string of the molecule is CC(C)[Si](O[C@@H]1C[C@@H]2O[C@@H]3C[C@@H]4O[C@@H]5[C@@H](C)[C@H](C)[C@@]6(C[C@H](C)CO6)O[C@H]5[C@@H](C)[C@H](C)[C@H]4O[C@H]3C[C@@H](C)C[C@H]2O[C@@]1(C)[C@H](C)CC(Cl)Sc1ccccc1)(C(C)C)C(C)C. The largest absolute Gasteiger partial charge is 0.410 e. The van der Waals surface area contributed by atoms with Gasteiger partial charge in [0, 0.05) is 30.1 Å². The van der Waals surface area contributed by atoms with Crippen molar-refractivity contribution in [2.45, 2.75) is 228 Å². The van der Waals surface area contributed by atoms with Gasteiger partial charge in [-0.2, -0.15) is 0 Å². The molecule has 6 fully saturated rings. The second-order valence-electron chi connectivity index (χ2n) is 21.7. The minimum Gasteiger partial charge on any atom is -0.410 e. The van der Waals surface area contributed by atoms with Crippen LogP contribution >= 0.6 is 23.4 Å². The minimum absolute atomic E-state index is 0.00211. The highest BCUT2D eigenvalue weighted by Gasteiger charge is 2.61. The molecule has 10 heteroatoms. The molecule has 6 heterocycles. The van der Waals surface area contributed by atoms with Gasteiger partial charge in [-0.3, -0.25) is 0 Å². The van der Waals surface area contributed by atoms with E-state index in [9.17, 15) is 0 Å². The Morgan fingerprint density at radius 1 is 0.695 bits per heavy atom. The molecule has 0 saturated carbocycles. The van der Waals surface area contributed by atoms with E-state index >= 15 is 0 Å². The highest BCUT2D eigenvalue weighted by molar-refractivity contribution is 8.01. The number of alkyl halides is 1. The van der Waals surface area contributed by atoms with E-state index in [4.69, 9.17) is 44.4 Å². The number of fused-ring (bicyclic) bond motifs is 4. The van der Waals surface area contributed by atoms with Gasteiger partial charge < -0.3 is 32.8 Å². The molecule has 6 saturated heterocycles. The molecule has 7 nitrogen and oxygen atoms in total. The van der Waals surface area contributed by atoms with Crippen LogP contribution in [0.5, 0.6) is 0 Å². The number of thioether (sulfide) groups is 1. The molecule has 1 spiro atoms. The summed E-state index contributed by atoms with van der Waals surface area (Å²) >= 11 is 8.94. The van der Waals surface area contributed by atoms with Crippen molar-refractivity contribution in [2.24, 2.45) is 41.4 Å². The fraction of sp³-hybridized carbons (Fsp3) is 0.878. The second kappa shape index (κ2) is 18.4. The quantitative estimate of drug-likeness (QED) is 0.131. The summed E-state index contributed by atoms with van der Waals surface area (Å²) in [5.74, 6) is 1.61. The van der Waals surface area contributed by atoms with Gasteiger partial charge >= 0.3 is 0 Å². The summed E-state index contributed by atoms with van der Waals surface area (Å²) in [6, 6.07) is 10.5. The van der Waals surface area contributed by atoms with Gasteiger partial charge in [-0.05, 0) is 90.4 Å². The maximum Gasteiger partial charge on any atom is 0.200 e. The van der Waals surface area contributed by atoms with Crippen LogP contribution in [0.2, 0.25) is 16.6 Å². The van der Waals surface area contributed by atoms with Gasteiger partial charge in [0.1, 0.15) is 0 Å². The highest BCUT2D eigenvalue weighted by Crippen LogP contribution is 2.54. The first kappa shape index (κ1) is 46.8. The number of halogens is 1. The van der Waals surface area contributed by atoms with E-state index in [1.807, 2.05) is 0 Å². The fourth-order valence-electron chi connectivity index (χ4n) is 12.9. The summed E-state index contributed by atoms with van der Waals surface area (Å²) in [5.41, 5.74) is 0.825. The third-order valence-corrected chi connectivity index (χ3v) is 24.3. The molecule has 0 amide bonds. The number of benzene rings is 1. The lowest BCUT2D eigenvalue weighted by atomic mass is 9.73. The van der Waals surface area contributed by atoms with Crippen LogP contribution in [0.1, 0.15) is 135 Å². The van der Waals surface area contributed by atoms with Crippen molar-refractivity contribution in [1.82, 2.24) is 0 Å². The normalized spacial score (nSPS) is 45.2. The number of hydrogen-bond acceptors (Lipinski definition) is 8. The van der Waals surface area contributed by atoms with Crippen LogP contribution in [0.4, 0.5) is 0 Å². The minimum atomic E-state index is -2.30. The second-order valence-corrected chi connectivity index (χ2v) is 29.1. The van der Waals surface area contributed by atoms with Gasteiger partial charge in [-0.1, -0.05) is 108 Å². The zero-order valence-electron chi connectivity index (χ0n) is 39.0. The molecule has 19 atom stereocenters. The summed E-state index contributed by atoms with van der Waals surface area (Å²) in [6.07, 6.45) is 4.76. The van der Waals surface area contributed by atoms with Gasteiger partial charge in [0.2, 0.25) is 8.32 Å². The summed E-state index contributed by atoms with van der Waals surface area (Å²) in [6.45, 7) is 33.8. The smallest absolute Gasteiger partial charge is 0.200 e. The van der Waals surface area contributed by atoms with E-state index in [-0.39, 0.29) is 83.3 Å². The van der Waals surface area contributed by atoms with Crippen molar-refractivity contribution >= 4 is 31.7 Å². The Morgan fingerprint density at radius 3 is 1.92 bits per heavy atom. The maximum atomic E-state index is 7.84. The molecular formula is C49H81ClO7SSi. The molecule has 7 rings (SSSR count). The highest BCUT2D eigenvalue weighted by atomic mass is 35.5. The van der Waals surface area contributed by atoms with Crippen LogP contribution in [-0.4, -0.2) is 86.0 Å². The Balaban J connectivity index is 1.16. The van der Waals surface area contributed by atoms with Crippen LogP contribution in [0.25, 0.3) is 0 Å². The number of ether oxygens (including phenoxy) is 6. The molecule has 0 radical (unpaired) electrons. The Labute approximate surface area is 369 Å². The van der Waals surface area contributed by atoms with Crippen LogP contribution in [0, 0.1) is 41.4 Å². The number of rotatable bonds is 10. The van der Waals surface area contributed by atoms with E-state index < -0.39 is 19.7 Å². The predicted octanol–water partition coefficient (Wildman–Crippen LogP) is 12.3. The van der Waals surface area contributed by atoms with Crippen molar-refractivity contribution < 1.29 is 32.8 Å². The van der Waals surface area contributed by atoms with Gasteiger partial charge in [-0.15, -0.1) is 23.4 Å². The topological polar surface area (TPSA) is 64.6 Å². The molecule has 1 aromatic carbocycles. The van der Waals surface area contributed by atoms with Crippen LogP contribution in [-0.2, 0) is 32.8 Å². The third kappa shape index (κ3) is 8.95. The summed E-state index contributed by atoms with van der Waals surface area (Å²) in [4.78, 5) is 1.19. The Bertz CT molecular complexity index is 1510. The summed E-state index contributed by atoms with van der Waals surface area (Å²) in [7, 11) is -2.30. The van der Waals surface area contributed by atoms with Gasteiger partial charge in [0.05, 0.1) is 71.9 Å². The predicted molar refractivity (Wildman–Crippen MR) is 243 cm³/mol. The Morgan fingerprint density at radius 2 is 1.29 bits per heavy atom. The molecule has 0 aromatic heterocycles. The Hall–Kier alpha value is -0.203. The zero-order chi connectivity index (χ0) is 42.8. The lowest BCUT2D eigenvalue weighted by Crippen LogP contribution is -2.65. The summed E-state index contributed by atoms with van der Waals surface area (Å²) < 4.78 is 51.1. The summed E-state index contributed by atoms with van der Waals surface area (Å²) in [5, 5.41) is 0. The average molecular weight is 878 g/mol. The molecule has 0 aliphatic carbocycles. The molecule has 1 aromatic rings. The van der Waals surface area contributed by atoms with Crippen molar-refractivity contribution in [3.63, 3.8) is 0 Å². The maximum absolute atomic E-state index is 7.84. The van der Waals surface area contributed by atoms with Crippen LogP contribution in [0.3, 0.4) is 0 Å². The zero-order valence-corrected chi connectivity index (χ0v) is 41.6. The number of hydrogen-bond donors (Lipinski definition) is 0. The van der Waals surface area contributed by atoms with E-state index in [0.29, 0.717) is 34.4 Å².